The quantitative estimate of drug-likeness (QED) is 0.130. The van der Waals surface area contributed by atoms with Crippen LogP contribution in [-0.2, 0) is 0 Å². The molecular formula is C53H32N2S. The van der Waals surface area contributed by atoms with Gasteiger partial charge >= 0.3 is 0 Å². The van der Waals surface area contributed by atoms with Gasteiger partial charge in [0.1, 0.15) is 5.82 Å². The summed E-state index contributed by atoms with van der Waals surface area (Å²) in [5.74, 6) is 0.941. The van der Waals surface area contributed by atoms with Crippen molar-refractivity contribution >= 4 is 85.6 Å². The van der Waals surface area contributed by atoms with Crippen molar-refractivity contribution in [2.24, 2.45) is 0 Å². The molecule has 3 heteroatoms. The van der Waals surface area contributed by atoms with Gasteiger partial charge in [0.15, 0.2) is 0 Å². The molecule has 0 aliphatic heterocycles. The fourth-order valence-corrected chi connectivity index (χ4v) is 10.5. The van der Waals surface area contributed by atoms with Crippen molar-refractivity contribution in [3.63, 3.8) is 0 Å². The zero-order valence-electron chi connectivity index (χ0n) is 30.3. The van der Waals surface area contributed by atoms with E-state index < -0.39 is 0 Å². The van der Waals surface area contributed by atoms with Crippen LogP contribution in [0.15, 0.2) is 194 Å². The summed E-state index contributed by atoms with van der Waals surface area (Å²) in [5, 5.41) is 13.0. The molecule has 2 aromatic heterocycles. The zero-order chi connectivity index (χ0) is 36.7. The Balaban J connectivity index is 1.06. The maximum absolute atomic E-state index is 5.08. The van der Waals surface area contributed by atoms with Crippen molar-refractivity contribution in [1.82, 2.24) is 9.55 Å². The van der Waals surface area contributed by atoms with E-state index >= 15 is 0 Å². The molecule has 0 atom stereocenters. The maximum Gasteiger partial charge on any atom is 0.145 e. The SMILES string of the molecule is c1ccc(-c2nc3ccccc3n2-c2ccc(-c3c4ccccc4c(-c4ccc5c(c4)sc4c6ccccc6c6ccccc6c54)c4ccccc34)cc2)cc1. The molecule has 0 saturated heterocycles. The van der Waals surface area contributed by atoms with E-state index in [-0.39, 0.29) is 0 Å². The average Bonchev–Trinajstić information content (AvgIpc) is 3.85. The predicted molar refractivity (Wildman–Crippen MR) is 240 cm³/mol. The molecule has 0 aliphatic rings. The lowest BCUT2D eigenvalue weighted by Crippen LogP contribution is -1.97. The van der Waals surface area contributed by atoms with Gasteiger partial charge in [0.25, 0.3) is 0 Å². The van der Waals surface area contributed by atoms with Gasteiger partial charge in [-0.05, 0) is 90.3 Å². The first-order chi connectivity index (χ1) is 27.8. The summed E-state index contributed by atoms with van der Waals surface area (Å²) >= 11 is 1.92. The molecule has 0 fully saturated rings. The Morgan fingerprint density at radius 2 is 0.893 bits per heavy atom. The first-order valence-corrected chi connectivity index (χ1v) is 19.9. The third kappa shape index (κ3) is 4.59. The van der Waals surface area contributed by atoms with E-state index in [1.54, 1.807) is 0 Å². The molecule has 12 rings (SSSR count). The lowest BCUT2D eigenvalue weighted by Gasteiger charge is -2.18. The smallest absolute Gasteiger partial charge is 0.145 e. The predicted octanol–water partition coefficient (Wildman–Crippen LogP) is 15.0. The van der Waals surface area contributed by atoms with E-state index in [1.165, 1.54) is 85.5 Å². The second kappa shape index (κ2) is 12.2. The minimum absolute atomic E-state index is 0.941. The fourth-order valence-electron chi connectivity index (χ4n) is 9.16. The molecule has 12 aromatic rings. The van der Waals surface area contributed by atoms with Crippen molar-refractivity contribution in [3.05, 3.63) is 194 Å². The monoisotopic (exact) mass is 728 g/mol. The molecule has 0 spiro atoms. The van der Waals surface area contributed by atoms with Gasteiger partial charge in [-0.15, -0.1) is 11.3 Å². The summed E-state index contributed by atoms with van der Waals surface area (Å²) in [5.41, 5.74) is 9.23. The van der Waals surface area contributed by atoms with E-state index in [9.17, 15) is 0 Å². The first kappa shape index (κ1) is 31.3. The molecule has 0 unspecified atom stereocenters. The zero-order valence-corrected chi connectivity index (χ0v) is 31.1. The van der Waals surface area contributed by atoms with Gasteiger partial charge in [-0.1, -0.05) is 164 Å². The van der Waals surface area contributed by atoms with Gasteiger partial charge in [0.05, 0.1) is 11.0 Å². The summed E-state index contributed by atoms with van der Waals surface area (Å²) in [6.07, 6.45) is 0. The molecule has 10 aromatic carbocycles. The number of imidazole rings is 1. The van der Waals surface area contributed by atoms with Gasteiger partial charge in [0, 0.05) is 36.8 Å². The van der Waals surface area contributed by atoms with Crippen molar-refractivity contribution < 1.29 is 0 Å². The highest BCUT2D eigenvalue weighted by Gasteiger charge is 2.20. The highest BCUT2D eigenvalue weighted by Crippen LogP contribution is 2.48. The molecule has 0 saturated carbocycles. The molecule has 0 N–H and O–H groups in total. The normalized spacial score (nSPS) is 11.9. The van der Waals surface area contributed by atoms with Crippen molar-refractivity contribution in [2.75, 3.05) is 0 Å². The minimum Gasteiger partial charge on any atom is -0.292 e. The fraction of sp³-hybridized carbons (Fsp3) is 0. The molecule has 0 bridgehead atoms. The third-order valence-corrected chi connectivity index (χ3v) is 12.8. The van der Waals surface area contributed by atoms with E-state index in [0.29, 0.717) is 0 Å². The third-order valence-electron chi connectivity index (χ3n) is 11.6. The van der Waals surface area contributed by atoms with Crippen LogP contribution in [0.25, 0.3) is 114 Å². The molecule has 56 heavy (non-hydrogen) atoms. The number of para-hydroxylation sites is 2. The van der Waals surface area contributed by atoms with Crippen LogP contribution in [0.1, 0.15) is 0 Å². The van der Waals surface area contributed by atoms with Crippen LogP contribution >= 0.6 is 11.3 Å². The highest BCUT2D eigenvalue weighted by molar-refractivity contribution is 7.27. The van der Waals surface area contributed by atoms with Crippen LogP contribution in [0, 0.1) is 0 Å². The van der Waals surface area contributed by atoms with Crippen LogP contribution in [0.4, 0.5) is 0 Å². The maximum atomic E-state index is 5.08. The number of aromatic nitrogens is 2. The average molecular weight is 729 g/mol. The summed E-state index contributed by atoms with van der Waals surface area (Å²) in [7, 11) is 0. The van der Waals surface area contributed by atoms with Crippen LogP contribution in [0.3, 0.4) is 0 Å². The van der Waals surface area contributed by atoms with Gasteiger partial charge in [0.2, 0.25) is 0 Å². The van der Waals surface area contributed by atoms with E-state index in [4.69, 9.17) is 4.98 Å². The number of thiophene rings is 1. The van der Waals surface area contributed by atoms with Gasteiger partial charge in [-0.3, -0.25) is 4.57 Å². The van der Waals surface area contributed by atoms with Crippen LogP contribution < -0.4 is 0 Å². The van der Waals surface area contributed by atoms with Crippen LogP contribution in [-0.4, -0.2) is 9.55 Å². The topological polar surface area (TPSA) is 17.8 Å². The lowest BCUT2D eigenvalue weighted by atomic mass is 9.86. The Morgan fingerprint density at radius 3 is 1.57 bits per heavy atom. The number of fused-ring (bicyclic) bond motifs is 11. The molecule has 2 nitrogen and oxygen atoms in total. The lowest BCUT2D eigenvalue weighted by molar-refractivity contribution is 1.10. The van der Waals surface area contributed by atoms with E-state index in [0.717, 1.165) is 28.1 Å². The van der Waals surface area contributed by atoms with Crippen LogP contribution in [0.5, 0.6) is 0 Å². The van der Waals surface area contributed by atoms with Gasteiger partial charge < -0.3 is 0 Å². The highest BCUT2D eigenvalue weighted by atomic mass is 32.1. The molecule has 2 heterocycles. The number of benzene rings is 10. The van der Waals surface area contributed by atoms with Crippen LogP contribution in [0.2, 0.25) is 0 Å². The molecule has 0 amide bonds. The van der Waals surface area contributed by atoms with E-state index in [2.05, 4.69) is 199 Å². The molecule has 0 aliphatic carbocycles. The standard InChI is InChI=1S/C53H32N2S/c1-2-14-34(15-3-1)53-54-46-24-12-13-25-47(46)55(53)36-29-26-33(27-30-36)49-40-19-7-9-21-42(40)50(43-22-10-8-20-41(43)49)35-28-31-45-48(32-35)56-52-44-23-11-5-17-38(44)37-16-4-6-18-39(37)51(45)52/h1-32H. The van der Waals surface area contributed by atoms with Crippen molar-refractivity contribution in [1.29, 1.82) is 0 Å². The Bertz CT molecular complexity index is 3460. The summed E-state index contributed by atoms with van der Waals surface area (Å²) in [6, 6.07) is 70.7. The Kier molecular flexibility index (Phi) is 6.83. The Hall–Kier alpha value is -7.07. The van der Waals surface area contributed by atoms with Crippen molar-refractivity contribution in [3.8, 4) is 39.3 Å². The van der Waals surface area contributed by atoms with Gasteiger partial charge in [-0.25, -0.2) is 4.98 Å². The minimum atomic E-state index is 0.941. The van der Waals surface area contributed by atoms with Gasteiger partial charge in [-0.2, -0.15) is 0 Å². The second-order valence-corrected chi connectivity index (χ2v) is 15.7. The summed E-state index contributed by atoms with van der Waals surface area (Å²) < 4.78 is 4.96. The number of hydrogen-bond acceptors (Lipinski definition) is 2. The number of rotatable bonds is 4. The molecule has 260 valence electrons. The molecule has 0 radical (unpaired) electrons. The first-order valence-electron chi connectivity index (χ1n) is 19.1. The van der Waals surface area contributed by atoms with E-state index in [1.807, 2.05) is 11.3 Å². The largest absolute Gasteiger partial charge is 0.292 e. The van der Waals surface area contributed by atoms with Crippen molar-refractivity contribution in [2.45, 2.75) is 0 Å². The second-order valence-electron chi connectivity index (χ2n) is 14.6. The molecular weight excluding hydrogens is 697 g/mol. The summed E-state index contributed by atoms with van der Waals surface area (Å²) in [4.78, 5) is 5.08. The number of hydrogen-bond donors (Lipinski definition) is 0. The number of nitrogens with zero attached hydrogens (tertiary/aromatic N) is 2. The Labute approximate surface area is 327 Å². The Morgan fingerprint density at radius 1 is 0.375 bits per heavy atom. The summed E-state index contributed by atoms with van der Waals surface area (Å²) in [6.45, 7) is 0.